The SMILES string of the molecule is CCOc1ccc(Oc2ncc(Oc3ccc(N(I)CC)cc3)s2)c(Cl)c1. The summed E-state index contributed by atoms with van der Waals surface area (Å²) in [7, 11) is 0. The van der Waals surface area contributed by atoms with Crippen LogP contribution in [0, 0.1) is 0 Å². The van der Waals surface area contributed by atoms with E-state index in [0.29, 0.717) is 33.4 Å². The van der Waals surface area contributed by atoms with E-state index in [0.717, 1.165) is 18.0 Å². The molecule has 0 N–H and O–H groups in total. The monoisotopic (exact) mass is 516 g/mol. The molecule has 0 bridgehead atoms. The molecule has 0 aliphatic heterocycles. The predicted octanol–water partition coefficient (Wildman–Crippen LogP) is 6.96. The summed E-state index contributed by atoms with van der Waals surface area (Å²) in [6.07, 6.45) is 1.63. The van der Waals surface area contributed by atoms with Crippen LogP contribution in [-0.4, -0.2) is 18.1 Å². The lowest BCUT2D eigenvalue weighted by atomic mass is 10.3. The van der Waals surface area contributed by atoms with Crippen LogP contribution in [0.1, 0.15) is 13.8 Å². The number of anilines is 1. The Morgan fingerprint density at radius 3 is 2.48 bits per heavy atom. The maximum absolute atomic E-state index is 6.24. The first kappa shape index (κ1) is 20.0. The predicted molar refractivity (Wildman–Crippen MR) is 118 cm³/mol. The van der Waals surface area contributed by atoms with Crippen LogP contribution in [0.15, 0.2) is 48.7 Å². The molecule has 0 aliphatic carbocycles. The van der Waals surface area contributed by atoms with Crippen molar-refractivity contribution in [2.24, 2.45) is 0 Å². The minimum absolute atomic E-state index is 0.456. The molecule has 0 radical (unpaired) electrons. The molecule has 0 fully saturated rings. The lowest BCUT2D eigenvalue weighted by Crippen LogP contribution is -2.06. The average Bonchev–Trinajstić information content (AvgIpc) is 3.11. The number of ether oxygens (including phenoxy) is 3. The van der Waals surface area contributed by atoms with Gasteiger partial charge in [0.05, 0.1) is 40.7 Å². The Hall–Kier alpha value is -1.71. The lowest BCUT2D eigenvalue weighted by molar-refractivity contribution is 0.339. The van der Waals surface area contributed by atoms with Gasteiger partial charge in [-0.2, -0.15) is 0 Å². The number of hydrogen-bond acceptors (Lipinski definition) is 6. The first-order valence-corrected chi connectivity index (χ1v) is 10.5. The molecule has 0 atom stereocenters. The molecule has 1 heterocycles. The number of halogens is 2. The van der Waals surface area contributed by atoms with Crippen molar-refractivity contribution in [3.63, 3.8) is 0 Å². The maximum Gasteiger partial charge on any atom is 0.282 e. The Balaban J connectivity index is 1.65. The minimum atomic E-state index is 0.456. The molecule has 0 spiro atoms. The molecular weight excluding hydrogens is 499 g/mol. The zero-order valence-electron chi connectivity index (χ0n) is 14.8. The number of aromatic nitrogens is 1. The number of thiazole rings is 1. The van der Waals surface area contributed by atoms with Gasteiger partial charge in [-0.1, -0.05) is 11.6 Å². The average molecular weight is 517 g/mol. The van der Waals surface area contributed by atoms with Crippen molar-refractivity contribution >= 4 is 51.5 Å². The number of nitrogens with zero attached hydrogens (tertiary/aromatic N) is 2. The topological polar surface area (TPSA) is 43.8 Å². The van der Waals surface area contributed by atoms with Crippen molar-refractivity contribution in [3.05, 3.63) is 53.7 Å². The Bertz CT molecular complexity index is 889. The third-order valence-electron chi connectivity index (χ3n) is 3.49. The van der Waals surface area contributed by atoms with E-state index in [9.17, 15) is 0 Å². The van der Waals surface area contributed by atoms with E-state index >= 15 is 0 Å². The second kappa shape index (κ2) is 9.48. The van der Waals surface area contributed by atoms with Crippen LogP contribution in [0.5, 0.6) is 27.5 Å². The molecule has 0 unspecified atom stereocenters. The summed E-state index contributed by atoms with van der Waals surface area (Å²) in [5.74, 6) is 1.97. The summed E-state index contributed by atoms with van der Waals surface area (Å²) in [5.41, 5.74) is 1.13. The summed E-state index contributed by atoms with van der Waals surface area (Å²) in [4.78, 5) is 4.24. The van der Waals surface area contributed by atoms with E-state index in [1.165, 1.54) is 11.3 Å². The highest BCUT2D eigenvalue weighted by Crippen LogP contribution is 2.37. The Morgan fingerprint density at radius 1 is 1.07 bits per heavy atom. The van der Waals surface area contributed by atoms with Gasteiger partial charge in [0.1, 0.15) is 17.2 Å². The summed E-state index contributed by atoms with van der Waals surface area (Å²) < 4.78 is 19.1. The van der Waals surface area contributed by atoms with E-state index < -0.39 is 0 Å². The third kappa shape index (κ3) is 5.40. The molecule has 2 aromatic carbocycles. The fourth-order valence-corrected chi connectivity index (χ4v) is 3.41. The van der Waals surface area contributed by atoms with Gasteiger partial charge in [-0.15, -0.1) is 0 Å². The summed E-state index contributed by atoms with van der Waals surface area (Å²) >= 11 is 9.82. The van der Waals surface area contributed by atoms with Crippen molar-refractivity contribution in [3.8, 4) is 27.5 Å². The van der Waals surface area contributed by atoms with E-state index in [-0.39, 0.29) is 0 Å². The lowest BCUT2D eigenvalue weighted by Gasteiger charge is -2.13. The second-order valence-electron chi connectivity index (χ2n) is 5.35. The van der Waals surface area contributed by atoms with Gasteiger partial charge in [0.2, 0.25) is 5.06 Å². The first-order chi connectivity index (χ1) is 13.1. The van der Waals surface area contributed by atoms with Gasteiger partial charge in [0, 0.05) is 18.3 Å². The van der Waals surface area contributed by atoms with E-state index in [4.69, 9.17) is 25.8 Å². The van der Waals surface area contributed by atoms with Crippen LogP contribution in [-0.2, 0) is 0 Å². The summed E-state index contributed by atoms with van der Waals surface area (Å²) in [5, 5.41) is 1.56. The fraction of sp³-hybridized carbons (Fsp3) is 0.211. The fourth-order valence-electron chi connectivity index (χ4n) is 2.23. The van der Waals surface area contributed by atoms with Gasteiger partial charge in [-0.3, -0.25) is 0 Å². The molecule has 142 valence electrons. The normalized spacial score (nSPS) is 10.5. The number of rotatable bonds is 8. The van der Waals surface area contributed by atoms with E-state index in [1.54, 1.807) is 18.3 Å². The van der Waals surface area contributed by atoms with Crippen LogP contribution in [0.2, 0.25) is 5.02 Å². The van der Waals surface area contributed by atoms with Gasteiger partial charge in [-0.05, 0) is 61.6 Å². The Labute approximate surface area is 181 Å². The van der Waals surface area contributed by atoms with Crippen molar-refractivity contribution in [1.29, 1.82) is 0 Å². The molecule has 0 amide bonds. The minimum Gasteiger partial charge on any atom is -0.494 e. The molecule has 8 heteroatoms. The first-order valence-electron chi connectivity index (χ1n) is 8.36. The maximum atomic E-state index is 6.24. The third-order valence-corrected chi connectivity index (χ3v) is 5.78. The van der Waals surface area contributed by atoms with Crippen molar-refractivity contribution in [1.82, 2.24) is 4.98 Å². The second-order valence-corrected chi connectivity index (χ2v) is 7.87. The number of benzene rings is 2. The van der Waals surface area contributed by atoms with Crippen molar-refractivity contribution in [2.45, 2.75) is 13.8 Å². The van der Waals surface area contributed by atoms with Crippen molar-refractivity contribution < 1.29 is 14.2 Å². The molecule has 27 heavy (non-hydrogen) atoms. The zero-order valence-corrected chi connectivity index (χ0v) is 18.5. The molecule has 0 saturated carbocycles. The molecule has 0 aliphatic rings. The molecule has 3 rings (SSSR count). The van der Waals surface area contributed by atoms with E-state index in [1.807, 2.05) is 37.3 Å². The van der Waals surface area contributed by atoms with Gasteiger partial charge in [-0.25, -0.2) is 4.98 Å². The van der Waals surface area contributed by atoms with E-state index in [2.05, 4.69) is 37.9 Å². The Morgan fingerprint density at radius 2 is 1.81 bits per heavy atom. The van der Waals surface area contributed by atoms with Crippen LogP contribution in [0.3, 0.4) is 0 Å². The Kier molecular flexibility index (Phi) is 7.03. The smallest absolute Gasteiger partial charge is 0.282 e. The van der Waals surface area contributed by atoms with Crippen molar-refractivity contribution in [2.75, 3.05) is 16.3 Å². The largest absolute Gasteiger partial charge is 0.494 e. The molecule has 0 saturated heterocycles. The molecule has 1 aromatic heterocycles. The van der Waals surface area contributed by atoms with Crippen LogP contribution in [0.4, 0.5) is 5.69 Å². The highest BCUT2D eigenvalue weighted by molar-refractivity contribution is 14.1. The number of hydrogen-bond donors (Lipinski definition) is 0. The summed E-state index contributed by atoms with van der Waals surface area (Å²) in [6.45, 7) is 5.54. The van der Waals surface area contributed by atoms with Crippen LogP contribution >= 0.6 is 45.8 Å². The molecule has 3 aromatic rings. The highest BCUT2D eigenvalue weighted by Gasteiger charge is 2.10. The molecular formula is C19H18ClIN2O3S. The standard InChI is InChI=1S/C19H18ClIN2O3S/c1-3-23(21)13-5-7-14(8-6-13)25-18-12-22-19(27-18)26-17-10-9-15(24-4-2)11-16(17)20/h5-12H,3-4H2,1-2H3. The highest BCUT2D eigenvalue weighted by atomic mass is 127. The van der Waals surface area contributed by atoms with Gasteiger partial charge in [0.15, 0.2) is 0 Å². The van der Waals surface area contributed by atoms with Crippen LogP contribution in [0.25, 0.3) is 0 Å². The molecule has 5 nitrogen and oxygen atoms in total. The van der Waals surface area contributed by atoms with Gasteiger partial charge in [0.25, 0.3) is 5.19 Å². The van der Waals surface area contributed by atoms with Crippen LogP contribution < -0.4 is 17.3 Å². The quantitative estimate of drug-likeness (QED) is 0.239. The van der Waals surface area contributed by atoms with Gasteiger partial charge < -0.3 is 17.3 Å². The van der Waals surface area contributed by atoms with Gasteiger partial charge >= 0.3 is 0 Å². The zero-order chi connectivity index (χ0) is 19.2. The summed E-state index contributed by atoms with van der Waals surface area (Å²) in [6, 6.07) is 13.2.